The van der Waals surface area contributed by atoms with Crippen molar-refractivity contribution in [3.63, 3.8) is 0 Å². The topological polar surface area (TPSA) is 20.2 Å². The van der Waals surface area contributed by atoms with Crippen LogP contribution in [0.2, 0.25) is 0 Å². The zero-order valence-corrected chi connectivity index (χ0v) is 8.67. The van der Waals surface area contributed by atoms with Gasteiger partial charge < -0.3 is 5.11 Å². The Morgan fingerprint density at radius 1 is 1.31 bits per heavy atom. The molecule has 13 heavy (non-hydrogen) atoms. The van der Waals surface area contributed by atoms with Crippen LogP contribution >= 0.6 is 0 Å². The molecule has 1 aromatic rings. The summed E-state index contributed by atoms with van der Waals surface area (Å²) >= 11 is 0. The fourth-order valence-electron chi connectivity index (χ4n) is 1.80. The fraction of sp³-hybridized carbons (Fsp3) is 0.500. The van der Waals surface area contributed by atoms with E-state index in [0.717, 1.165) is 18.4 Å². The number of aryl methyl sites for hydroxylation is 1. The summed E-state index contributed by atoms with van der Waals surface area (Å²) in [5.41, 5.74) is 1.55. The van der Waals surface area contributed by atoms with Gasteiger partial charge in [0.15, 0.2) is 0 Å². The first kappa shape index (κ1) is 10.3. The highest BCUT2D eigenvalue weighted by Gasteiger charge is 2.22. The summed E-state index contributed by atoms with van der Waals surface area (Å²) in [7, 11) is 0. The zero-order chi connectivity index (χ0) is 9.90. The van der Waals surface area contributed by atoms with Crippen molar-refractivity contribution in [1.82, 2.24) is 0 Å². The van der Waals surface area contributed by atoms with Crippen molar-refractivity contribution < 1.29 is 5.11 Å². The Morgan fingerprint density at radius 3 is 2.46 bits per heavy atom. The molecule has 0 aliphatic rings. The summed E-state index contributed by atoms with van der Waals surface area (Å²) in [4.78, 5) is 0. The molecule has 72 valence electrons. The number of benzene rings is 1. The number of rotatable bonds is 3. The third-order valence-electron chi connectivity index (χ3n) is 2.46. The molecule has 0 amide bonds. The third-order valence-corrected chi connectivity index (χ3v) is 2.46. The van der Waals surface area contributed by atoms with Gasteiger partial charge in [-0.15, -0.1) is 0 Å². The van der Waals surface area contributed by atoms with Gasteiger partial charge in [0, 0.05) is 0 Å². The molecule has 1 unspecified atom stereocenters. The van der Waals surface area contributed by atoms with Crippen LogP contribution in [0.3, 0.4) is 0 Å². The van der Waals surface area contributed by atoms with E-state index < -0.39 is 5.60 Å². The highest BCUT2D eigenvalue weighted by Crippen LogP contribution is 2.27. The molecule has 0 bridgehead atoms. The normalized spacial score (nSPS) is 15.4. The monoisotopic (exact) mass is 178 g/mol. The van der Waals surface area contributed by atoms with Crippen LogP contribution in [-0.2, 0) is 5.60 Å². The molecule has 0 aliphatic carbocycles. The molecule has 0 heterocycles. The van der Waals surface area contributed by atoms with E-state index in [-0.39, 0.29) is 0 Å². The number of hydrogen-bond acceptors (Lipinski definition) is 1. The zero-order valence-electron chi connectivity index (χ0n) is 8.67. The largest absolute Gasteiger partial charge is 0.385 e. The summed E-state index contributed by atoms with van der Waals surface area (Å²) in [5.74, 6) is 0. The maximum atomic E-state index is 10.2. The lowest BCUT2D eigenvalue weighted by Crippen LogP contribution is -2.21. The van der Waals surface area contributed by atoms with E-state index in [1.54, 1.807) is 0 Å². The van der Waals surface area contributed by atoms with Crippen LogP contribution in [0.4, 0.5) is 0 Å². The van der Waals surface area contributed by atoms with E-state index in [2.05, 4.69) is 6.92 Å². The average Bonchev–Trinajstić information content (AvgIpc) is 2.04. The quantitative estimate of drug-likeness (QED) is 0.754. The number of hydrogen-bond donors (Lipinski definition) is 1. The predicted octanol–water partition coefficient (Wildman–Crippen LogP) is 3.00. The van der Waals surface area contributed by atoms with E-state index >= 15 is 0 Å². The van der Waals surface area contributed by atoms with Crippen LogP contribution < -0.4 is 0 Å². The molecule has 0 radical (unpaired) electrons. The Balaban J connectivity index is 2.99. The van der Waals surface area contributed by atoms with Crippen LogP contribution in [0, 0.1) is 6.92 Å². The molecular formula is C12H18O. The molecule has 1 heteroatoms. The molecular weight excluding hydrogens is 160 g/mol. The van der Waals surface area contributed by atoms with E-state index in [1.807, 2.05) is 38.1 Å². The second kappa shape index (κ2) is 3.93. The molecule has 1 aromatic carbocycles. The fourth-order valence-corrected chi connectivity index (χ4v) is 1.80. The van der Waals surface area contributed by atoms with E-state index in [1.165, 1.54) is 5.56 Å². The minimum Gasteiger partial charge on any atom is -0.385 e. The van der Waals surface area contributed by atoms with Crippen LogP contribution in [0.1, 0.15) is 37.8 Å². The van der Waals surface area contributed by atoms with Crippen LogP contribution in [0.5, 0.6) is 0 Å². The van der Waals surface area contributed by atoms with Gasteiger partial charge in [-0.1, -0.05) is 37.6 Å². The average molecular weight is 178 g/mol. The van der Waals surface area contributed by atoms with Crippen molar-refractivity contribution in [2.24, 2.45) is 0 Å². The Labute approximate surface area is 80.4 Å². The van der Waals surface area contributed by atoms with Gasteiger partial charge in [0.25, 0.3) is 0 Å². The van der Waals surface area contributed by atoms with Gasteiger partial charge in [-0.2, -0.15) is 0 Å². The summed E-state index contributed by atoms with van der Waals surface area (Å²) < 4.78 is 0. The van der Waals surface area contributed by atoms with Crippen LogP contribution in [0.25, 0.3) is 0 Å². The molecule has 1 N–H and O–H groups in total. The summed E-state index contributed by atoms with van der Waals surface area (Å²) in [6, 6.07) is 8.03. The Morgan fingerprint density at radius 2 is 1.92 bits per heavy atom. The van der Waals surface area contributed by atoms with E-state index in [4.69, 9.17) is 0 Å². The Bertz CT molecular complexity index is 276. The minimum absolute atomic E-state index is 0.667. The lowest BCUT2D eigenvalue weighted by Gasteiger charge is -2.25. The van der Waals surface area contributed by atoms with Gasteiger partial charge in [-0.25, -0.2) is 0 Å². The third kappa shape index (κ3) is 2.31. The summed E-state index contributed by atoms with van der Waals surface area (Å²) in [6.45, 7) is 6.02. The standard InChI is InChI=1S/C12H18O/c1-4-9-12(3,13)11-8-6-5-7-10(11)2/h5-8,13H,4,9H2,1-3H3. The second-order valence-corrected chi connectivity index (χ2v) is 3.84. The second-order valence-electron chi connectivity index (χ2n) is 3.84. The minimum atomic E-state index is -0.667. The molecule has 0 fully saturated rings. The Kier molecular flexibility index (Phi) is 3.10. The Hall–Kier alpha value is -0.820. The SMILES string of the molecule is CCCC(C)(O)c1ccccc1C. The van der Waals surface area contributed by atoms with Gasteiger partial charge in [-0.05, 0) is 31.4 Å². The maximum Gasteiger partial charge on any atom is 0.0871 e. The molecule has 1 rings (SSSR count). The first-order valence-corrected chi connectivity index (χ1v) is 4.86. The molecule has 0 aliphatic heterocycles. The first-order valence-electron chi connectivity index (χ1n) is 4.86. The van der Waals surface area contributed by atoms with Crippen molar-refractivity contribution in [1.29, 1.82) is 0 Å². The van der Waals surface area contributed by atoms with Gasteiger partial charge in [-0.3, -0.25) is 0 Å². The predicted molar refractivity (Wildman–Crippen MR) is 55.7 cm³/mol. The van der Waals surface area contributed by atoms with Gasteiger partial charge in [0.05, 0.1) is 5.60 Å². The maximum absolute atomic E-state index is 10.2. The van der Waals surface area contributed by atoms with Crippen LogP contribution in [-0.4, -0.2) is 5.11 Å². The highest BCUT2D eigenvalue weighted by atomic mass is 16.3. The molecule has 0 aromatic heterocycles. The first-order chi connectivity index (χ1) is 6.08. The van der Waals surface area contributed by atoms with Crippen molar-refractivity contribution in [3.8, 4) is 0 Å². The van der Waals surface area contributed by atoms with Gasteiger partial charge >= 0.3 is 0 Å². The smallest absolute Gasteiger partial charge is 0.0871 e. The molecule has 0 saturated carbocycles. The lowest BCUT2D eigenvalue weighted by atomic mass is 9.88. The van der Waals surface area contributed by atoms with E-state index in [0.29, 0.717) is 0 Å². The van der Waals surface area contributed by atoms with Crippen molar-refractivity contribution in [2.75, 3.05) is 0 Å². The molecule has 0 saturated heterocycles. The highest BCUT2D eigenvalue weighted by molar-refractivity contribution is 5.30. The van der Waals surface area contributed by atoms with Gasteiger partial charge in [0.2, 0.25) is 0 Å². The van der Waals surface area contributed by atoms with Crippen molar-refractivity contribution in [3.05, 3.63) is 35.4 Å². The lowest BCUT2D eigenvalue weighted by molar-refractivity contribution is 0.0463. The molecule has 1 nitrogen and oxygen atoms in total. The van der Waals surface area contributed by atoms with E-state index in [9.17, 15) is 5.11 Å². The van der Waals surface area contributed by atoms with Crippen molar-refractivity contribution in [2.45, 2.75) is 39.2 Å². The summed E-state index contributed by atoms with van der Waals surface area (Å²) in [6.07, 6.45) is 1.82. The molecule has 0 spiro atoms. The van der Waals surface area contributed by atoms with Crippen molar-refractivity contribution >= 4 is 0 Å². The van der Waals surface area contributed by atoms with Crippen LogP contribution in [0.15, 0.2) is 24.3 Å². The summed E-state index contributed by atoms with van der Waals surface area (Å²) in [5, 5.41) is 10.2. The molecule has 1 atom stereocenters. The number of aliphatic hydroxyl groups is 1. The van der Waals surface area contributed by atoms with Gasteiger partial charge in [0.1, 0.15) is 0 Å².